The quantitative estimate of drug-likeness (QED) is 0.339. The highest BCUT2D eigenvalue weighted by atomic mass is 16.5. The van der Waals surface area contributed by atoms with Crippen molar-refractivity contribution in [3.05, 3.63) is 59.7 Å². The summed E-state index contributed by atoms with van der Waals surface area (Å²) in [5.41, 5.74) is 2.19. The fraction of sp³-hybridized carbons (Fsp3) is 0.556. The second-order valence-electron chi connectivity index (χ2n) is 12.9. The summed E-state index contributed by atoms with van der Waals surface area (Å²) in [6.45, 7) is 1.31. The van der Waals surface area contributed by atoms with E-state index in [4.69, 9.17) is 9.47 Å². The first-order valence-electron chi connectivity index (χ1n) is 16.8. The summed E-state index contributed by atoms with van der Waals surface area (Å²) < 4.78 is 10.7. The molecule has 2 aromatic rings. The average Bonchev–Trinajstić information content (AvgIpc) is 3.09. The van der Waals surface area contributed by atoms with Crippen molar-refractivity contribution < 1.29 is 28.7 Å². The molecule has 3 aliphatic rings. The van der Waals surface area contributed by atoms with E-state index in [0.29, 0.717) is 37.6 Å². The monoisotopic (exact) mass is 632 g/mol. The molecular weight excluding hydrogens is 584 g/mol. The number of rotatable bonds is 13. The highest BCUT2D eigenvalue weighted by Crippen LogP contribution is 2.36. The molecule has 0 aromatic heterocycles. The number of benzene rings is 2. The van der Waals surface area contributed by atoms with Gasteiger partial charge in [-0.1, -0.05) is 49.2 Å². The largest absolute Gasteiger partial charge is 0.493 e. The molecule has 46 heavy (non-hydrogen) atoms. The molecule has 1 aliphatic heterocycles. The molecule has 0 spiro atoms. The second-order valence-corrected chi connectivity index (χ2v) is 12.9. The number of ether oxygens (including phenoxy) is 2. The fourth-order valence-electron chi connectivity index (χ4n) is 7.29. The molecule has 10 heteroatoms. The van der Waals surface area contributed by atoms with Gasteiger partial charge >= 0.3 is 6.03 Å². The molecule has 3 fully saturated rings. The van der Waals surface area contributed by atoms with Gasteiger partial charge in [-0.05, 0) is 80.5 Å². The van der Waals surface area contributed by atoms with Gasteiger partial charge in [0.2, 0.25) is 17.7 Å². The van der Waals surface area contributed by atoms with Crippen LogP contribution in [0, 0.1) is 17.8 Å². The molecule has 2 unspecified atom stereocenters. The highest BCUT2D eigenvalue weighted by molar-refractivity contribution is 6.00. The van der Waals surface area contributed by atoms with E-state index in [0.717, 1.165) is 63.4 Å². The van der Waals surface area contributed by atoms with Gasteiger partial charge < -0.3 is 25.0 Å². The van der Waals surface area contributed by atoms with Crippen LogP contribution in [0.1, 0.15) is 62.5 Å². The van der Waals surface area contributed by atoms with Crippen molar-refractivity contribution in [2.45, 2.75) is 70.3 Å². The summed E-state index contributed by atoms with van der Waals surface area (Å²) in [5, 5.41) is 6.05. The Kier molecular flexibility index (Phi) is 11.5. The number of carbonyl (C=O) groups excluding carboxylic acids is 4. The van der Waals surface area contributed by atoms with Crippen molar-refractivity contribution in [2.75, 3.05) is 40.4 Å². The SMILES string of the molecule is COc1ccc(CCNC(=O)CN2C(=O)N(CC3CCC(C(=O)NCCc4ccccc4)CC3)C(=O)C3CCCCC32)cc1OC. The smallest absolute Gasteiger partial charge is 0.327 e. The predicted molar refractivity (Wildman–Crippen MR) is 174 cm³/mol. The van der Waals surface area contributed by atoms with E-state index in [-0.39, 0.29) is 54.1 Å². The third kappa shape index (κ3) is 8.19. The van der Waals surface area contributed by atoms with Crippen molar-refractivity contribution in [3.63, 3.8) is 0 Å². The first-order chi connectivity index (χ1) is 22.4. The van der Waals surface area contributed by atoms with Crippen LogP contribution >= 0.6 is 0 Å². The molecule has 2 saturated carbocycles. The topological polar surface area (TPSA) is 117 Å². The summed E-state index contributed by atoms with van der Waals surface area (Å²) in [6.07, 6.45) is 7.84. The number of nitrogens with zero attached hydrogens (tertiary/aromatic N) is 2. The minimum absolute atomic E-state index is 0.0401. The molecule has 0 radical (unpaired) electrons. The number of amides is 5. The first-order valence-corrected chi connectivity index (χ1v) is 16.8. The number of methoxy groups -OCH3 is 2. The van der Waals surface area contributed by atoms with Crippen molar-refractivity contribution in [2.24, 2.45) is 17.8 Å². The van der Waals surface area contributed by atoms with E-state index in [1.54, 1.807) is 19.1 Å². The Bertz CT molecular complexity index is 1360. The molecule has 0 bridgehead atoms. The molecule has 248 valence electrons. The molecule has 2 N–H and O–H groups in total. The standard InChI is InChI=1S/C36H48N4O6/c1-45-31-17-14-26(22-32(31)46-2)19-20-37-33(41)24-39-30-11-7-6-10-29(30)35(43)40(36(39)44)23-27-12-15-28(16-13-27)34(42)38-21-18-25-8-4-3-5-9-25/h3-5,8-9,14,17,22,27-30H,6-7,10-13,15-16,18-21,23-24H2,1-2H3,(H,37,41)(H,38,42). The molecule has 1 saturated heterocycles. The lowest BCUT2D eigenvalue weighted by molar-refractivity contribution is -0.143. The van der Waals surface area contributed by atoms with E-state index in [9.17, 15) is 19.2 Å². The zero-order valence-electron chi connectivity index (χ0n) is 27.2. The van der Waals surface area contributed by atoms with Crippen LogP contribution in [0.2, 0.25) is 0 Å². The minimum atomic E-state index is -0.357. The summed E-state index contributed by atoms with van der Waals surface area (Å²) >= 11 is 0. The Morgan fingerprint density at radius 2 is 1.50 bits per heavy atom. The number of nitrogens with one attached hydrogen (secondary N) is 2. The summed E-state index contributed by atoms with van der Waals surface area (Å²) in [4.78, 5) is 56.4. The van der Waals surface area contributed by atoms with Gasteiger partial charge in [0.15, 0.2) is 11.5 Å². The van der Waals surface area contributed by atoms with E-state index < -0.39 is 0 Å². The lowest BCUT2D eigenvalue weighted by atomic mass is 9.79. The van der Waals surface area contributed by atoms with Gasteiger partial charge in [0, 0.05) is 31.6 Å². The second kappa shape index (κ2) is 16.0. The molecule has 5 amide bonds. The van der Waals surface area contributed by atoms with Gasteiger partial charge in [-0.15, -0.1) is 0 Å². The van der Waals surface area contributed by atoms with Crippen LogP contribution in [-0.2, 0) is 27.2 Å². The Hall–Kier alpha value is -4.08. The number of carbonyl (C=O) groups is 4. The minimum Gasteiger partial charge on any atom is -0.493 e. The number of fused-ring (bicyclic) bond motifs is 1. The van der Waals surface area contributed by atoms with Crippen LogP contribution in [0.25, 0.3) is 0 Å². The van der Waals surface area contributed by atoms with Crippen LogP contribution in [0.4, 0.5) is 4.79 Å². The Balaban J connectivity index is 1.12. The van der Waals surface area contributed by atoms with Crippen molar-refractivity contribution in [3.8, 4) is 11.5 Å². The van der Waals surface area contributed by atoms with Gasteiger partial charge in [-0.2, -0.15) is 0 Å². The molecule has 5 rings (SSSR count). The molecule has 2 aliphatic carbocycles. The zero-order valence-corrected chi connectivity index (χ0v) is 27.2. The molecule has 2 atom stereocenters. The fourth-order valence-corrected chi connectivity index (χ4v) is 7.29. The summed E-state index contributed by atoms with van der Waals surface area (Å²) in [5.74, 6) is 0.889. The number of imide groups is 1. The normalized spacial score (nSPS) is 23.0. The predicted octanol–water partition coefficient (Wildman–Crippen LogP) is 4.35. The van der Waals surface area contributed by atoms with Gasteiger partial charge in [-0.25, -0.2) is 4.79 Å². The average molecular weight is 633 g/mol. The van der Waals surface area contributed by atoms with Crippen LogP contribution in [-0.4, -0.2) is 80.0 Å². The number of urea groups is 1. The van der Waals surface area contributed by atoms with E-state index in [1.807, 2.05) is 36.4 Å². The van der Waals surface area contributed by atoms with Gasteiger partial charge in [0.05, 0.1) is 20.1 Å². The highest BCUT2D eigenvalue weighted by Gasteiger charge is 2.48. The van der Waals surface area contributed by atoms with Crippen LogP contribution in [0.5, 0.6) is 11.5 Å². The third-order valence-corrected chi connectivity index (χ3v) is 9.90. The Morgan fingerprint density at radius 1 is 0.804 bits per heavy atom. The van der Waals surface area contributed by atoms with Crippen LogP contribution < -0.4 is 20.1 Å². The van der Waals surface area contributed by atoms with Crippen molar-refractivity contribution >= 4 is 23.8 Å². The maximum absolute atomic E-state index is 13.8. The maximum atomic E-state index is 13.8. The molecule has 2 aromatic carbocycles. The van der Waals surface area contributed by atoms with E-state index in [1.165, 1.54) is 10.5 Å². The first kappa shape index (κ1) is 33.3. The zero-order chi connectivity index (χ0) is 32.5. The number of hydrogen-bond donors (Lipinski definition) is 2. The summed E-state index contributed by atoms with van der Waals surface area (Å²) in [7, 11) is 3.18. The lowest BCUT2D eigenvalue weighted by Crippen LogP contribution is -2.64. The lowest BCUT2D eigenvalue weighted by Gasteiger charge is -2.47. The summed E-state index contributed by atoms with van der Waals surface area (Å²) in [6, 6.07) is 15.2. The van der Waals surface area contributed by atoms with Crippen molar-refractivity contribution in [1.29, 1.82) is 0 Å². The Morgan fingerprint density at radius 3 is 2.24 bits per heavy atom. The van der Waals surface area contributed by atoms with Crippen LogP contribution in [0.15, 0.2) is 48.5 Å². The van der Waals surface area contributed by atoms with Gasteiger partial charge in [0.25, 0.3) is 0 Å². The van der Waals surface area contributed by atoms with Gasteiger partial charge in [0.1, 0.15) is 6.54 Å². The van der Waals surface area contributed by atoms with Gasteiger partial charge in [-0.3, -0.25) is 19.3 Å². The Labute approximate surface area is 272 Å². The van der Waals surface area contributed by atoms with E-state index >= 15 is 0 Å². The third-order valence-electron chi connectivity index (χ3n) is 9.90. The molecular formula is C36H48N4O6. The maximum Gasteiger partial charge on any atom is 0.327 e. The molecule has 10 nitrogen and oxygen atoms in total. The van der Waals surface area contributed by atoms with E-state index in [2.05, 4.69) is 22.8 Å². The van der Waals surface area contributed by atoms with Crippen molar-refractivity contribution in [1.82, 2.24) is 20.4 Å². The number of hydrogen-bond acceptors (Lipinski definition) is 6. The molecule has 1 heterocycles. The van der Waals surface area contributed by atoms with Crippen LogP contribution in [0.3, 0.4) is 0 Å².